The van der Waals surface area contributed by atoms with Crippen LogP contribution < -0.4 is 0 Å². The summed E-state index contributed by atoms with van der Waals surface area (Å²) in [7, 11) is -3.07. The molecule has 0 aromatic heterocycles. The van der Waals surface area contributed by atoms with Crippen molar-refractivity contribution in [2.24, 2.45) is 0 Å². The number of hydrogen-bond acceptors (Lipinski definition) is 3. The molecule has 1 fully saturated rings. The second kappa shape index (κ2) is 6.44. The summed E-state index contributed by atoms with van der Waals surface area (Å²) in [6, 6.07) is 3.61. The van der Waals surface area contributed by atoms with Crippen LogP contribution in [0.2, 0.25) is 0 Å². The highest BCUT2D eigenvalue weighted by atomic mass is 79.9. The van der Waals surface area contributed by atoms with Crippen LogP contribution in [0.5, 0.6) is 0 Å². The van der Waals surface area contributed by atoms with Gasteiger partial charge in [-0.25, -0.2) is 12.8 Å². The van der Waals surface area contributed by atoms with E-state index in [1.54, 1.807) is 4.90 Å². The summed E-state index contributed by atoms with van der Waals surface area (Å²) in [4.78, 5) is 14.2. The SMILES string of the molecule is CCCN(C(=O)c1cc(F)ccc1Br)C1CCS(=O)(=O)C1. The molecule has 1 aromatic carbocycles. The molecular formula is C14H17BrFNO3S. The fraction of sp³-hybridized carbons (Fsp3) is 0.500. The zero-order chi connectivity index (χ0) is 15.6. The van der Waals surface area contributed by atoms with Gasteiger partial charge in [-0.1, -0.05) is 6.92 Å². The first-order valence-electron chi connectivity index (χ1n) is 6.80. The first-order valence-corrected chi connectivity index (χ1v) is 9.42. The van der Waals surface area contributed by atoms with Gasteiger partial charge in [0.1, 0.15) is 5.82 Å². The van der Waals surface area contributed by atoms with Crippen molar-refractivity contribution in [3.8, 4) is 0 Å². The van der Waals surface area contributed by atoms with Crippen molar-refractivity contribution < 1.29 is 17.6 Å². The van der Waals surface area contributed by atoms with E-state index >= 15 is 0 Å². The number of carbonyl (C=O) groups is 1. The molecular weight excluding hydrogens is 361 g/mol. The van der Waals surface area contributed by atoms with E-state index in [0.29, 0.717) is 17.4 Å². The summed E-state index contributed by atoms with van der Waals surface area (Å²) in [5, 5.41) is 0. The summed E-state index contributed by atoms with van der Waals surface area (Å²) >= 11 is 3.25. The third kappa shape index (κ3) is 3.83. The molecule has 7 heteroatoms. The third-order valence-corrected chi connectivity index (χ3v) is 5.98. The lowest BCUT2D eigenvalue weighted by molar-refractivity contribution is 0.0695. The Kier molecular flexibility index (Phi) is 5.03. The molecule has 4 nitrogen and oxygen atoms in total. The quantitative estimate of drug-likeness (QED) is 0.810. The van der Waals surface area contributed by atoms with Crippen LogP contribution in [0.25, 0.3) is 0 Å². The number of amides is 1. The van der Waals surface area contributed by atoms with Crippen molar-refractivity contribution in [2.45, 2.75) is 25.8 Å². The standard InChI is InChI=1S/C14H17BrFNO3S/c1-2-6-17(11-5-7-21(19,20)9-11)14(18)12-8-10(16)3-4-13(12)15/h3-4,8,11H,2,5-7,9H2,1H3. The Balaban J connectivity index is 2.30. The van der Waals surface area contributed by atoms with Crippen LogP contribution in [-0.2, 0) is 9.84 Å². The highest BCUT2D eigenvalue weighted by Crippen LogP contribution is 2.24. The molecule has 1 aromatic rings. The molecule has 0 saturated carbocycles. The summed E-state index contributed by atoms with van der Waals surface area (Å²) < 4.78 is 37.1. The smallest absolute Gasteiger partial charge is 0.255 e. The van der Waals surface area contributed by atoms with Crippen LogP contribution in [0, 0.1) is 5.82 Å². The van der Waals surface area contributed by atoms with Crippen LogP contribution in [0.1, 0.15) is 30.1 Å². The molecule has 2 rings (SSSR count). The fourth-order valence-corrected chi connectivity index (χ4v) is 4.68. The van der Waals surface area contributed by atoms with Crippen LogP contribution in [0.15, 0.2) is 22.7 Å². The molecule has 1 aliphatic heterocycles. The Bertz CT molecular complexity index is 648. The monoisotopic (exact) mass is 377 g/mol. The molecule has 1 saturated heterocycles. The van der Waals surface area contributed by atoms with Crippen molar-refractivity contribution in [3.05, 3.63) is 34.1 Å². The number of rotatable bonds is 4. The molecule has 1 aliphatic rings. The zero-order valence-electron chi connectivity index (χ0n) is 11.7. The number of carbonyl (C=O) groups excluding carboxylic acids is 1. The van der Waals surface area contributed by atoms with E-state index in [2.05, 4.69) is 15.9 Å². The lowest BCUT2D eigenvalue weighted by Crippen LogP contribution is -2.41. The first kappa shape index (κ1) is 16.4. The van der Waals surface area contributed by atoms with Gasteiger partial charge in [-0.2, -0.15) is 0 Å². The van der Waals surface area contributed by atoms with Crippen LogP contribution in [0.4, 0.5) is 4.39 Å². The summed E-state index contributed by atoms with van der Waals surface area (Å²) in [6.45, 7) is 2.38. The Morgan fingerprint density at radius 1 is 1.48 bits per heavy atom. The van der Waals surface area contributed by atoms with E-state index in [9.17, 15) is 17.6 Å². The fourth-order valence-electron chi connectivity index (χ4n) is 2.53. The summed E-state index contributed by atoms with van der Waals surface area (Å²) in [6.07, 6.45) is 1.16. The van der Waals surface area contributed by atoms with E-state index < -0.39 is 15.7 Å². The maximum atomic E-state index is 13.4. The first-order chi connectivity index (χ1) is 9.84. The molecule has 0 spiro atoms. The summed E-state index contributed by atoms with van der Waals surface area (Å²) in [5.74, 6) is -0.719. The van der Waals surface area contributed by atoms with Gasteiger partial charge in [0.2, 0.25) is 0 Å². The molecule has 21 heavy (non-hydrogen) atoms. The van der Waals surface area contributed by atoms with Crippen LogP contribution in [0.3, 0.4) is 0 Å². The second-order valence-electron chi connectivity index (χ2n) is 5.18. The van der Waals surface area contributed by atoms with Crippen LogP contribution in [-0.4, -0.2) is 43.3 Å². The van der Waals surface area contributed by atoms with E-state index in [-0.39, 0.29) is 29.0 Å². The lowest BCUT2D eigenvalue weighted by Gasteiger charge is -2.28. The third-order valence-electron chi connectivity index (χ3n) is 3.53. The van der Waals surface area contributed by atoms with Crippen molar-refractivity contribution in [2.75, 3.05) is 18.1 Å². The van der Waals surface area contributed by atoms with Crippen molar-refractivity contribution in [1.29, 1.82) is 0 Å². The number of nitrogens with zero attached hydrogens (tertiary/aromatic N) is 1. The van der Waals surface area contributed by atoms with Gasteiger partial charge < -0.3 is 4.90 Å². The number of halogens is 2. The molecule has 1 heterocycles. The van der Waals surface area contributed by atoms with Gasteiger partial charge in [0.15, 0.2) is 9.84 Å². The normalized spacial score (nSPS) is 20.4. The van der Waals surface area contributed by atoms with Crippen molar-refractivity contribution >= 4 is 31.7 Å². The van der Waals surface area contributed by atoms with E-state index in [4.69, 9.17) is 0 Å². The maximum Gasteiger partial charge on any atom is 0.255 e. The zero-order valence-corrected chi connectivity index (χ0v) is 14.1. The highest BCUT2D eigenvalue weighted by Gasteiger charge is 2.35. The topological polar surface area (TPSA) is 54.5 Å². The lowest BCUT2D eigenvalue weighted by atomic mass is 10.1. The number of hydrogen-bond donors (Lipinski definition) is 0. The van der Waals surface area contributed by atoms with Gasteiger partial charge in [-0.15, -0.1) is 0 Å². The largest absolute Gasteiger partial charge is 0.335 e. The van der Waals surface area contributed by atoms with Gasteiger partial charge in [-0.05, 0) is 47.0 Å². The van der Waals surface area contributed by atoms with E-state index in [1.165, 1.54) is 18.2 Å². The summed E-state index contributed by atoms with van der Waals surface area (Å²) in [5.41, 5.74) is 0.229. The molecule has 1 unspecified atom stereocenters. The Morgan fingerprint density at radius 3 is 2.76 bits per heavy atom. The van der Waals surface area contributed by atoms with Gasteiger partial charge in [0.25, 0.3) is 5.91 Å². The molecule has 0 aliphatic carbocycles. The molecule has 0 radical (unpaired) electrons. The van der Waals surface area contributed by atoms with Gasteiger partial charge in [0.05, 0.1) is 17.1 Å². The minimum atomic E-state index is -3.07. The van der Waals surface area contributed by atoms with Gasteiger partial charge in [0, 0.05) is 17.1 Å². The highest BCUT2D eigenvalue weighted by molar-refractivity contribution is 9.10. The number of benzene rings is 1. The molecule has 0 bridgehead atoms. The van der Waals surface area contributed by atoms with Gasteiger partial charge >= 0.3 is 0 Å². The van der Waals surface area contributed by atoms with E-state index in [1.807, 2.05) is 6.92 Å². The Morgan fingerprint density at radius 2 is 2.19 bits per heavy atom. The maximum absolute atomic E-state index is 13.4. The van der Waals surface area contributed by atoms with E-state index in [0.717, 1.165) is 6.42 Å². The predicted octanol–water partition coefficient (Wildman–Crippen LogP) is 2.63. The van der Waals surface area contributed by atoms with Gasteiger partial charge in [-0.3, -0.25) is 4.79 Å². The molecule has 0 N–H and O–H groups in total. The Labute approximate surface area is 132 Å². The molecule has 1 atom stereocenters. The van der Waals surface area contributed by atoms with Crippen LogP contribution >= 0.6 is 15.9 Å². The van der Waals surface area contributed by atoms with Crippen molar-refractivity contribution in [1.82, 2.24) is 4.90 Å². The Hall–Kier alpha value is -0.950. The average Bonchev–Trinajstić information content (AvgIpc) is 2.78. The molecule has 1 amide bonds. The van der Waals surface area contributed by atoms with Crippen molar-refractivity contribution in [3.63, 3.8) is 0 Å². The average molecular weight is 378 g/mol. The number of sulfone groups is 1. The second-order valence-corrected chi connectivity index (χ2v) is 8.26. The molecule has 116 valence electrons. The minimum Gasteiger partial charge on any atom is -0.335 e. The minimum absolute atomic E-state index is 0.00826. The predicted molar refractivity (Wildman–Crippen MR) is 82.5 cm³/mol.